The summed E-state index contributed by atoms with van der Waals surface area (Å²) in [6.07, 6.45) is 0. The van der Waals surface area contributed by atoms with Crippen LogP contribution in [0.4, 0.5) is 5.69 Å². The average molecular weight is 473 g/mol. The van der Waals surface area contributed by atoms with Gasteiger partial charge in [-0.1, -0.05) is 35.9 Å². The standard InChI is InChI=1S/C24H25ClN2O4S/c1-15-5-6-16(2)22(13-15)27-32(29,30)23-14-19(9-12-21(23)25)24(28)26-17(3)18-7-10-20(31-4)11-8-18/h5-14,17,27H,1-4H3,(H,26,28)/t17-/m0/s1. The molecule has 3 rings (SSSR count). The summed E-state index contributed by atoms with van der Waals surface area (Å²) in [6, 6.07) is 16.7. The first-order chi connectivity index (χ1) is 15.1. The van der Waals surface area contributed by atoms with Gasteiger partial charge in [-0.2, -0.15) is 0 Å². The number of rotatable bonds is 7. The van der Waals surface area contributed by atoms with Crippen molar-refractivity contribution in [1.82, 2.24) is 5.32 Å². The molecule has 0 saturated heterocycles. The number of nitrogens with one attached hydrogen (secondary N) is 2. The van der Waals surface area contributed by atoms with Crippen molar-refractivity contribution >= 4 is 33.2 Å². The molecular weight excluding hydrogens is 448 g/mol. The van der Waals surface area contributed by atoms with Crippen LogP contribution in [0, 0.1) is 13.8 Å². The molecule has 1 amide bonds. The van der Waals surface area contributed by atoms with E-state index in [1.807, 2.05) is 57.2 Å². The summed E-state index contributed by atoms with van der Waals surface area (Å²) in [5.74, 6) is 0.310. The number of hydrogen-bond acceptors (Lipinski definition) is 4. The van der Waals surface area contributed by atoms with Crippen molar-refractivity contribution in [2.24, 2.45) is 0 Å². The molecule has 2 N–H and O–H groups in total. The molecule has 0 spiro atoms. The molecule has 0 bridgehead atoms. The molecule has 0 heterocycles. The molecule has 0 radical (unpaired) electrons. The number of sulfonamides is 1. The van der Waals surface area contributed by atoms with Crippen LogP contribution in [0.3, 0.4) is 0 Å². The van der Waals surface area contributed by atoms with Gasteiger partial charge in [0.1, 0.15) is 10.6 Å². The lowest BCUT2D eigenvalue weighted by atomic mass is 10.1. The number of benzene rings is 3. The van der Waals surface area contributed by atoms with Gasteiger partial charge < -0.3 is 10.1 Å². The van der Waals surface area contributed by atoms with Gasteiger partial charge in [-0.3, -0.25) is 9.52 Å². The fourth-order valence-corrected chi connectivity index (χ4v) is 4.80. The SMILES string of the molecule is COc1ccc([C@H](C)NC(=O)c2ccc(Cl)c(S(=O)(=O)Nc3cc(C)ccc3C)c2)cc1. The normalized spacial score (nSPS) is 12.2. The van der Waals surface area contributed by atoms with Crippen LogP contribution in [0.2, 0.25) is 5.02 Å². The van der Waals surface area contributed by atoms with Crippen molar-refractivity contribution in [1.29, 1.82) is 0 Å². The number of ether oxygens (including phenoxy) is 1. The Bertz CT molecular complexity index is 1240. The van der Waals surface area contributed by atoms with Gasteiger partial charge in [0, 0.05) is 5.56 Å². The highest BCUT2D eigenvalue weighted by atomic mass is 35.5. The molecule has 1 atom stereocenters. The zero-order valence-corrected chi connectivity index (χ0v) is 19.8. The number of anilines is 1. The third-order valence-electron chi connectivity index (χ3n) is 5.08. The fourth-order valence-electron chi connectivity index (χ4n) is 3.15. The van der Waals surface area contributed by atoms with Gasteiger partial charge in [-0.25, -0.2) is 8.42 Å². The van der Waals surface area contributed by atoms with E-state index in [4.69, 9.17) is 16.3 Å². The second-order valence-corrected chi connectivity index (χ2v) is 9.60. The van der Waals surface area contributed by atoms with Crippen LogP contribution in [-0.4, -0.2) is 21.4 Å². The first-order valence-corrected chi connectivity index (χ1v) is 11.8. The summed E-state index contributed by atoms with van der Waals surface area (Å²) in [5, 5.41) is 2.91. The lowest BCUT2D eigenvalue weighted by molar-refractivity contribution is 0.0939. The molecule has 8 heteroatoms. The zero-order valence-electron chi connectivity index (χ0n) is 18.3. The van der Waals surface area contributed by atoms with E-state index in [1.54, 1.807) is 13.2 Å². The maximum Gasteiger partial charge on any atom is 0.263 e. The first-order valence-electron chi connectivity index (χ1n) is 9.95. The van der Waals surface area contributed by atoms with Gasteiger partial charge in [-0.15, -0.1) is 0 Å². The minimum absolute atomic E-state index is 0.0301. The molecule has 3 aromatic rings. The van der Waals surface area contributed by atoms with Crippen LogP contribution in [0.25, 0.3) is 0 Å². The zero-order chi connectivity index (χ0) is 23.5. The number of carbonyl (C=O) groups excluding carboxylic acids is 1. The van der Waals surface area contributed by atoms with E-state index in [0.29, 0.717) is 5.69 Å². The largest absolute Gasteiger partial charge is 0.497 e. The van der Waals surface area contributed by atoms with Crippen molar-refractivity contribution in [2.75, 3.05) is 11.8 Å². The monoisotopic (exact) mass is 472 g/mol. The number of aryl methyl sites for hydroxylation is 2. The average Bonchev–Trinajstić information content (AvgIpc) is 2.76. The molecule has 0 aromatic heterocycles. The Hall–Kier alpha value is -3.03. The lowest BCUT2D eigenvalue weighted by Crippen LogP contribution is -2.27. The predicted octanol–water partition coefficient (Wildman–Crippen LogP) is 5.26. The van der Waals surface area contributed by atoms with Crippen molar-refractivity contribution < 1.29 is 17.9 Å². The van der Waals surface area contributed by atoms with Crippen molar-refractivity contribution in [3.63, 3.8) is 0 Å². The summed E-state index contributed by atoms with van der Waals surface area (Å²) in [4.78, 5) is 12.6. The van der Waals surface area contributed by atoms with Crippen LogP contribution in [-0.2, 0) is 10.0 Å². The lowest BCUT2D eigenvalue weighted by Gasteiger charge is -2.16. The van der Waals surface area contributed by atoms with Crippen LogP contribution >= 0.6 is 11.6 Å². The van der Waals surface area contributed by atoms with E-state index in [-0.39, 0.29) is 21.5 Å². The summed E-state index contributed by atoms with van der Waals surface area (Å²) < 4.78 is 33.8. The highest BCUT2D eigenvalue weighted by Crippen LogP contribution is 2.27. The quantitative estimate of drug-likeness (QED) is 0.491. The molecule has 0 saturated carbocycles. The Kier molecular flexibility index (Phi) is 7.11. The number of amides is 1. The predicted molar refractivity (Wildman–Crippen MR) is 127 cm³/mol. The van der Waals surface area contributed by atoms with Crippen molar-refractivity contribution in [3.8, 4) is 5.75 Å². The van der Waals surface area contributed by atoms with Crippen molar-refractivity contribution in [2.45, 2.75) is 31.7 Å². The van der Waals surface area contributed by atoms with E-state index in [0.717, 1.165) is 22.4 Å². The van der Waals surface area contributed by atoms with Crippen LogP contribution in [0.15, 0.2) is 65.6 Å². The molecule has 0 aliphatic carbocycles. The van der Waals surface area contributed by atoms with E-state index in [1.165, 1.54) is 18.2 Å². The second kappa shape index (κ2) is 9.63. The van der Waals surface area contributed by atoms with Gasteiger partial charge in [0.25, 0.3) is 15.9 Å². The molecule has 0 aliphatic heterocycles. The van der Waals surface area contributed by atoms with E-state index in [2.05, 4.69) is 10.0 Å². The van der Waals surface area contributed by atoms with Gasteiger partial charge >= 0.3 is 0 Å². The van der Waals surface area contributed by atoms with Gasteiger partial charge in [0.15, 0.2) is 0 Å². The summed E-state index contributed by atoms with van der Waals surface area (Å²) in [5.41, 5.74) is 3.23. The van der Waals surface area contributed by atoms with Crippen LogP contribution < -0.4 is 14.8 Å². The molecule has 0 unspecified atom stereocenters. The van der Waals surface area contributed by atoms with Crippen LogP contribution in [0.5, 0.6) is 5.75 Å². The third-order valence-corrected chi connectivity index (χ3v) is 6.93. The first kappa shape index (κ1) is 23.6. The highest BCUT2D eigenvalue weighted by Gasteiger charge is 2.22. The minimum Gasteiger partial charge on any atom is -0.497 e. The number of carbonyl (C=O) groups is 1. The maximum absolute atomic E-state index is 13.0. The Balaban J connectivity index is 1.83. The number of methoxy groups -OCH3 is 1. The molecule has 0 fully saturated rings. The molecule has 32 heavy (non-hydrogen) atoms. The van der Waals surface area contributed by atoms with E-state index in [9.17, 15) is 13.2 Å². The number of halogens is 1. The Morgan fingerprint density at radius 3 is 2.34 bits per heavy atom. The Labute approximate surface area is 193 Å². The summed E-state index contributed by atoms with van der Waals surface area (Å²) in [7, 11) is -2.42. The second-order valence-electron chi connectivity index (χ2n) is 7.54. The minimum atomic E-state index is -4.00. The maximum atomic E-state index is 13.0. The smallest absolute Gasteiger partial charge is 0.263 e. The highest BCUT2D eigenvalue weighted by molar-refractivity contribution is 7.92. The van der Waals surface area contributed by atoms with Crippen molar-refractivity contribution in [3.05, 3.63) is 87.9 Å². The Morgan fingerprint density at radius 2 is 1.69 bits per heavy atom. The van der Waals surface area contributed by atoms with Gasteiger partial charge in [0.05, 0.1) is 23.9 Å². The fraction of sp³-hybridized carbons (Fsp3) is 0.208. The molecule has 3 aromatic carbocycles. The third kappa shape index (κ3) is 5.41. The van der Waals surface area contributed by atoms with Gasteiger partial charge in [0.2, 0.25) is 0 Å². The Morgan fingerprint density at radius 1 is 1.00 bits per heavy atom. The molecular formula is C24H25ClN2O4S. The molecule has 0 aliphatic rings. The topological polar surface area (TPSA) is 84.5 Å². The van der Waals surface area contributed by atoms with Crippen LogP contribution in [0.1, 0.15) is 40.0 Å². The van der Waals surface area contributed by atoms with Gasteiger partial charge in [-0.05, 0) is 73.9 Å². The number of hydrogen-bond donors (Lipinski definition) is 2. The molecule has 168 valence electrons. The van der Waals surface area contributed by atoms with E-state index >= 15 is 0 Å². The summed E-state index contributed by atoms with van der Waals surface area (Å²) >= 11 is 6.19. The molecule has 6 nitrogen and oxygen atoms in total. The summed E-state index contributed by atoms with van der Waals surface area (Å²) in [6.45, 7) is 5.53. The van der Waals surface area contributed by atoms with E-state index < -0.39 is 15.9 Å².